The highest BCUT2D eigenvalue weighted by atomic mass is 19.4. The smallest absolute Gasteiger partial charge is 0.426 e. The van der Waals surface area contributed by atoms with Crippen LogP contribution in [0.1, 0.15) is 5.56 Å². The Balaban J connectivity index is 1.80. The molecule has 0 saturated heterocycles. The SMILES string of the molecule is O=C(O)Cn1ccc(NC(=O)[C@@H]2Cc3ccccc3O[C@H]2C(F)(F)F)n1. The molecule has 0 bridgehead atoms. The molecule has 1 amide bonds. The van der Waals surface area contributed by atoms with E-state index in [9.17, 15) is 22.8 Å². The lowest BCUT2D eigenvalue weighted by Gasteiger charge is -2.33. The number of aliphatic carboxylic acids is 1. The van der Waals surface area contributed by atoms with Gasteiger partial charge in [0.2, 0.25) is 12.0 Å². The molecule has 2 heterocycles. The van der Waals surface area contributed by atoms with Gasteiger partial charge in [-0.2, -0.15) is 18.3 Å². The van der Waals surface area contributed by atoms with Crippen molar-refractivity contribution >= 4 is 17.7 Å². The van der Waals surface area contributed by atoms with Crippen molar-refractivity contribution in [1.29, 1.82) is 0 Å². The lowest BCUT2D eigenvalue weighted by molar-refractivity contribution is -0.212. The van der Waals surface area contributed by atoms with Gasteiger partial charge in [0.15, 0.2) is 5.82 Å². The van der Waals surface area contributed by atoms with Gasteiger partial charge in [0.25, 0.3) is 0 Å². The van der Waals surface area contributed by atoms with Gasteiger partial charge in [-0.25, -0.2) is 0 Å². The number of carboxylic acid groups (broad SMARTS) is 1. The predicted molar refractivity (Wildman–Crippen MR) is 82.6 cm³/mol. The fraction of sp³-hybridized carbons (Fsp3) is 0.312. The van der Waals surface area contributed by atoms with Gasteiger partial charge < -0.3 is 15.2 Å². The largest absolute Gasteiger partial charge is 0.480 e. The van der Waals surface area contributed by atoms with Crippen LogP contribution in [0.15, 0.2) is 36.5 Å². The summed E-state index contributed by atoms with van der Waals surface area (Å²) in [4.78, 5) is 23.0. The van der Waals surface area contributed by atoms with Crippen molar-refractivity contribution in [3.05, 3.63) is 42.1 Å². The molecule has 1 aliphatic rings. The number of carbonyl (C=O) groups excluding carboxylic acids is 1. The summed E-state index contributed by atoms with van der Waals surface area (Å²) in [6, 6.07) is 7.54. The number of anilines is 1. The Morgan fingerprint density at radius 1 is 1.31 bits per heavy atom. The average Bonchev–Trinajstić information content (AvgIpc) is 2.98. The van der Waals surface area contributed by atoms with E-state index in [0.29, 0.717) is 5.56 Å². The molecule has 2 N–H and O–H groups in total. The third kappa shape index (κ3) is 3.79. The van der Waals surface area contributed by atoms with E-state index in [1.165, 1.54) is 18.3 Å². The number of hydrogen-bond donors (Lipinski definition) is 2. The number of rotatable bonds is 4. The predicted octanol–water partition coefficient (Wildman–Crippen LogP) is 2.09. The molecule has 0 fully saturated rings. The molecule has 1 aromatic carbocycles. The first-order chi connectivity index (χ1) is 12.2. The molecule has 1 aromatic heterocycles. The monoisotopic (exact) mass is 369 g/mol. The zero-order valence-corrected chi connectivity index (χ0v) is 13.2. The standard InChI is InChI=1S/C16H14F3N3O4/c17-16(18,19)14-10(7-9-3-1-2-4-11(9)26-14)15(25)20-12-5-6-22(21-12)8-13(23)24/h1-6,10,14H,7-8H2,(H,23,24)(H,20,21,25)/t10-,14-/m1/s1. The molecular formula is C16H14F3N3O4. The van der Waals surface area contributed by atoms with Crippen molar-refractivity contribution in [3.8, 4) is 5.75 Å². The first-order valence-electron chi connectivity index (χ1n) is 7.61. The van der Waals surface area contributed by atoms with E-state index in [0.717, 1.165) is 4.68 Å². The quantitative estimate of drug-likeness (QED) is 0.861. The van der Waals surface area contributed by atoms with E-state index in [4.69, 9.17) is 9.84 Å². The highest BCUT2D eigenvalue weighted by Crippen LogP contribution is 2.38. The fourth-order valence-corrected chi connectivity index (χ4v) is 2.75. The second-order valence-electron chi connectivity index (χ2n) is 5.78. The first kappa shape index (κ1) is 17.8. The van der Waals surface area contributed by atoms with Gasteiger partial charge in [-0.15, -0.1) is 0 Å². The van der Waals surface area contributed by atoms with Gasteiger partial charge in [-0.3, -0.25) is 14.3 Å². The van der Waals surface area contributed by atoms with E-state index >= 15 is 0 Å². The van der Waals surface area contributed by atoms with Crippen LogP contribution in [-0.2, 0) is 22.6 Å². The van der Waals surface area contributed by atoms with Crippen LogP contribution in [0.2, 0.25) is 0 Å². The second kappa shape index (κ2) is 6.70. The highest BCUT2D eigenvalue weighted by molar-refractivity contribution is 5.92. The number of halogens is 3. The number of nitrogens with zero attached hydrogens (tertiary/aromatic N) is 2. The minimum absolute atomic E-state index is 0.0315. The van der Waals surface area contributed by atoms with Crippen molar-refractivity contribution in [3.63, 3.8) is 0 Å². The maximum absolute atomic E-state index is 13.3. The summed E-state index contributed by atoms with van der Waals surface area (Å²) in [5.74, 6) is -3.46. The summed E-state index contributed by atoms with van der Waals surface area (Å²) in [7, 11) is 0. The number of nitrogens with one attached hydrogen (secondary N) is 1. The van der Waals surface area contributed by atoms with Crippen molar-refractivity contribution in [1.82, 2.24) is 9.78 Å². The molecular weight excluding hydrogens is 355 g/mol. The Bertz CT molecular complexity index is 834. The molecule has 7 nitrogen and oxygen atoms in total. The van der Waals surface area contributed by atoms with Crippen LogP contribution >= 0.6 is 0 Å². The number of fused-ring (bicyclic) bond motifs is 1. The Labute approximate surface area is 145 Å². The normalized spacial score (nSPS) is 19.3. The lowest BCUT2D eigenvalue weighted by Crippen LogP contribution is -2.49. The number of carbonyl (C=O) groups is 2. The van der Waals surface area contributed by atoms with E-state index < -0.39 is 36.6 Å². The van der Waals surface area contributed by atoms with E-state index in [-0.39, 0.29) is 18.0 Å². The van der Waals surface area contributed by atoms with Gasteiger partial charge in [0.1, 0.15) is 12.3 Å². The minimum atomic E-state index is -4.72. The number of aromatic nitrogens is 2. The van der Waals surface area contributed by atoms with Crippen molar-refractivity contribution < 1.29 is 32.6 Å². The maximum Gasteiger partial charge on any atom is 0.426 e. The zero-order chi connectivity index (χ0) is 18.9. The molecule has 0 spiro atoms. The Morgan fingerprint density at radius 3 is 2.73 bits per heavy atom. The molecule has 3 rings (SSSR count). The number of alkyl halides is 3. The Hall–Kier alpha value is -3.04. The van der Waals surface area contributed by atoms with Crippen LogP contribution in [0.25, 0.3) is 0 Å². The number of para-hydroxylation sites is 1. The lowest BCUT2D eigenvalue weighted by atomic mass is 9.89. The zero-order valence-electron chi connectivity index (χ0n) is 13.2. The van der Waals surface area contributed by atoms with Crippen LogP contribution in [-0.4, -0.2) is 39.0 Å². The third-order valence-electron chi connectivity index (χ3n) is 3.88. The van der Waals surface area contributed by atoms with Crippen molar-refractivity contribution in [2.75, 3.05) is 5.32 Å². The molecule has 2 aromatic rings. The third-order valence-corrected chi connectivity index (χ3v) is 3.88. The summed E-state index contributed by atoms with van der Waals surface area (Å²) in [6.45, 7) is -0.430. The van der Waals surface area contributed by atoms with Crippen LogP contribution < -0.4 is 10.1 Å². The topological polar surface area (TPSA) is 93.5 Å². The Morgan fingerprint density at radius 2 is 2.04 bits per heavy atom. The number of benzene rings is 1. The average molecular weight is 369 g/mol. The van der Waals surface area contributed by atoms with Gasteiger partial charge in [0.05, 0.1) is 5.92 Å². The van der Waals surface area contributed by atoms with Crippen LogP contribution in [0.3, 0.4) is 0 Å². The molecule has 0 saturated carbocycles. The first-order valence-corrected chi connectivity index (χ1v) is 7.61. The van der Waals surface area contributed by atoms with E-state index in [2.05, 4.69) is 10.4 Å². The fourth-order valence-electron chi connectivity index (χ4n) is 2.75. The molecule has 138 valence electrons. The van der Waals surface area contributed by atoms with Crippen molar-refractivity contribution in [2.24, 2.45) is 5.92 Å². The summed E-state index contributed by atoms with van der Waals surface area (Å²) in [5.41, 5.74) is 0.504. The van der Waals surface area contributed by atoms with Gasteiger partial charge in [0, 0.05) is 12.3 Å². The molecule has 1 aliphatic heterocycles. The number of amides is 1. The molecule has 0 radical (unpaired) electrons. The van der Waals surface area contributed by atoms with Gasteiger partial charge >= 0.3 is 12.1 Å². The molecule has 10 heteroatoms. The summed E-state index contributed by atoms with van der Waals surface area (Å²) in [5, 5.41) is 14.8. The van der Waals surface area contributed by atoms with Crippen LogP contribution in [0, 0.1) is 5.92 Å². The van der Waals surface area contributed by atoms with Crippen LogP contribution in [0.4, 0.5) is 19.0 Å². The molecule has 0 unspecified atom stereocenters. The summed E-state index contributed by atoms with van der Waals surface area (Å²) in [6.07, 6.45) is -5.84. The maximum atomic E-state index is 13.3. The summed E-state index contributed by atoms with van der Waals surface area (Å²) >= 11 is 0. The number of ether oxygens (including phenoxy) is 1. The second-order valence-corrected chi connectivity index (χ2v) is 5.78. The van der Waals surface area contributed by atoms with Gasteiger partial charge in [-0.1, -0.05) is 18.2 Å². The molecule has 0 aliphatic carbocycles. The molecule has 2 atom stereocenters. The van der Waals surface area contributed by atoms with E-state index in [1.54, 1.807) is 18.2 Å². The number of carboxylic acids is 1. The van der Waals surface area contributed by atoms with Gasteiger partial charge in [-0.05, 0) is 18.1 Å². The van der Waals surface area contributed by atoms with E-state index in [1.807, 2.05) is 0 Å². The summed E-state index contributed by atoms with van der Waals surface area (Å²) < 4.78 is 46.1. The number of hydrogen-bond acceptors (Lipinski definition) is 4. The highest BCUT2D eigenvalue weighted by Gasteiger charge is 2.51. The Kier molecular flexibility index (Phi) is 4.58. The minimum Gasteiger partial charge on any atom is -0.480 e. The van der Waals surface area contributed by atoms with Crippen molar-refractivity contribution in [2.45, 2.75) is 25.2 Å². The van der Waals surface area contributed by atoms with Crippen LogP contribution in [0.5, 0.6) is 5.75 Å². The molecule has 26 heavy (non-hydrogen) atoms.